The Morgan fingerprint density at radius 2 is 1.75 bits per heavy atom. The summed E-state index contributed by atoms with van der Waals surface area (Å²) >= 11 is 0. The van der Waals surface area contributed by atoms with E-state index < -0.39 is 0 Å². The molecule has 0 fully saturated rings. The highest BCUT2D eigenvalue weighted by Gasteiger charge is 2.06. The lowest BCUT2D eigenvalue weighted by atomic mass is 10.1. The third-order valence-electron chi connectivity index (χ3n) is 4.08. The van der Waals surface area contributed by atoms with E-state index in [-0.39, 0.29) is 6.03 Å². The average molecular weight is 326 g/mol. The second-order valence-electron chi connectivity index (χ2n) is 5.94. The van der Waals surface area contributed by atoms with E-state index in [4.69, 9.17) is 4.74 Å². The van der Waals surface area contributed by atoms with Crippen LogP contribution in [0.3, 0.4) is 0 Å². The molecule has 4 nitrogen and oxygen atoms in total. The van der Waals surface area contributed by atoms with E-state index in [0.29, 0.717) is 13.2 Å². The molecule has 2 aromatic rings. The van der Waals surface area contributed by atoms with Crippen molar-refractivity contribution in [1.82, 2.24) is 5.32 Å². The Balaban J connectivity index is 1.80. The maximum absolute atomic E-state index is 12.0. The van der Waals surface area contributed by atoms with Crippen LogP contribution in [0, 0.1) is 20.8 Å². The second-order valence-corrected chi connectivity index (χ2v) is 5.94. The summed E-state index contributed by atoms with van der Waals surface area (Å²) < 4.78 is 5.78. The number of ether oxygens (including phenoxy) is 1. The molecule has 24 heavy (non-hydrogen) atoms. The van der Waals surface area contributed by atoms with Gasteiger partial charge in [-0.25, -0.2) is 4.79 Å². The Hall–Kier alpha value is -2.49. The number of rotatable bonds is 6. The minimum atomic E-state index is -0.212. The van der Waals surface area contributed by atoms with Gasteiger partial charge >= 0.3 is 6.03 Å². The molecule has 0 aliphatic rings. The SMILES string of the molecule is CCc1ccccc1NC(=O)NCCOc1cc(C)c(C)cc1C. The van der Waals surface area contributed by atoms with Crippen LogP contribution in [0.4, 0.5) is 10.5 Å². The lowest BCUT2D eigenvalue weighted by molar-refractivity contribution is 0.247. The van der Waals surface area contributed by atoms with Crippen molar-refractivity contribution in [2.24, 2.45) is 0 Å². The van der Waals surface area contributed by atoms with Crippen molar-refractivity contribution in [3.8, 4) is 5.75 Å². The summed E-state index contributed by atoms with van der Waals surface area (Å²) in [5.41, 5.74) is 5.54. The number of carbonyl (C=O) groups is 1. The summed E-state index contributed by atoms with van der Waals surface area (Å²) in [6.07, 6.45) is 0.881. The number of nitrogens with one attached hydrogen (secondary N) is 2. The molecule has 0 unspecified atom stereocenters. The Bertz CT molecular complexity index is 711. The first kappa shape index (κ1) is 17.9. The van der Waals surface area contributed by atoms with Crippen LogP contribution in [-0.2, 0) is 6.42 Å². The Morgan fingerprint density at radius 3 is 2.50 bits per heavy atom. The highest BCUT2D eigenvalue weighted by Crippen LogP contribution is 2.22. The molecule has 2 rings (SSSR count). The van der Waals surface area contributed by atoms with Crippen molar-refractivity contribution >= 4 is 11.7 Å². The molecule has 4 heteroatoms. The van der Waals surface area contributed by atoms with Gasteiger partial charge in [0.1, 0.15) is 12.4 Å². The third kappa shape index (κ3) is 4.75. The van der Waals surface area contributed by atoms with Gasteiger partial charge in [0.25, 0.3) is 0 Å². The van der Waals surface area contributed by atoms with Crippen LogP contribution in [0.1, 0.15) is 29.2 Å². The molecule has 2 aromatic carbocycles. The quantitative estimate of drug-likeness (QED) is 0.774. The molecule has 0 radical (unpaired) electrons. The minimum Gasteiger partial charge on any atom is -0.491 e. The number of hydrogen-bond acceptors (Lipinski definition) is 2. The summed E-state index contributed by atoms with van der Waals surface area (Å²) in [7, 11) is 0. The Kier molecular flexibility index (Phi) is 6.24. The minimum absolute atomic E-state index is 0.212. The standard InChI is InChI=1S/C20H26N2O2/c1-5-17-8-6-7-9-18(17)22-20(23)21-10-11-24-19-13-15(3)14(2)12-16(19)4/h6-9,12-13H,5,10-11H2,1-4H3,(H2,21,22,23). The first-order valence-corrected chi connectivity index (χ1v) is 8.34. The van der Waals surface area contributed by atoms with Crippen LogP contribution in [0.5, 0.6) is 5.75 Å². The molecule has 0 atom stereocenters. The van der Waals surface area contributed by atoms with Crippen LogP contribution in [0.25, 0.3) is 0 Å². The fourth-order valence-corrected chi connectivity index (χ4v) is 2.53. The summed E-state index contributed by atoms with van der Waals surface area (Å²) in [5, 5.41) is 5.71. The molecule has 128 valence electrons. The molecule has 0 aromatic heterocycles. The zero-order chi connectivity index (χ0) is 17.5. The monoisotopic (exact) mass is 326 g/mol. The van der Waals surface area contributed by atoms with E-state index >= 15 is 0 Å². The van der Waals surface area contributed by atoms with Gasteiger partial charge in [-0.05, 0) is 61.6 Å². The predicted octanol–water partition coefficient (Wildman–Crippen LogP) is 4.37. The highest BCUT2D eigenvalue weighted by atomic mass is 16.5. The number of hydrogen-bond donors (Lipinski definition) is 2. The van der Waals surface area contributed by atoms with Crippen molar-refractivity contribution in [3.63, 3.8) is 0 Å². The molecule has 0 heterocycles. The fourth-order valence-electron chi connectivity index (χ4n) is 2.53. The van der Waals surface area contributed by atoms with Crippen LogP contribution in [0.2, 0.25) is 0 Å². The summed E-state index contributed by atoms with van der Waals surface area (Å²) in [6.45, 7) is 9.14. The lowest BCUT2D eigenvalue weighted by Gasteiger charge is -2.13. The van der Waals surface area contributed by atoms with Gasteiger partial charge in [-0.3, -0.25) is 0 Å². The zero-order valence-corrected chi connectivity index (χ0v) is 14.9. The zero-order valence-electron chi connectivity index (χ0n) is 14.9. The first-order valence-electron chi connectivity index (χ1n) is 8.34. The Labute approximate surface area is 144 Å². The predicted molar refractivity (Wildman–Crippen MR) is 99.0 cm³/mol. The van der Waals surface area contributed by atoms with E-state index in [1.807, 2.05) is 37.3 Å². The fraction of sp³-hybridized carbons (Fsp3) is 0.350. The number of amides is 2. The topological polar surface area (TPSA) is 50.4 Å². The number of para-hydroxylation sites is 1. The maximum Gasteiger partial charge on any atom is 0.319 e. The van der Waals surface area contributed by atoms with Gasteiger partial charge in [0.2, 0.25) is 0 Å². The van der Waals surface area contributed by atoms with E-state index in [1.54, 1.807) is 0 Å². The summed E-state index contributed by atoms with van der Waals surface area (Å²) in [4.78, 5) is 12.0. The molecule has 0 saturated heterocycles. The van der Waals surface area contributed by atoms with E-state index in [2.05, 4.69) is 37.5 Å². The molecule has 0 aliphatic heterocycles. The number of aryl methyl sites for hydroxylation is 4. The van der Waals surface area contributed by atoms with Crippen molar-refractivity contribution < 1.29 is 9.53 Å². The van der Waals surface area contributed by atoms with Gasteiger partial charge in [0.15, 0.2) is 0 Å². The molecule has 2 N–H and O–H groups in total. The van der Waals surface area contributed by atoms with E-state index in [0.717, 1.165) is 29.0 Å². The lowest BCUT2D eigenvalue weighted by Crippen LogP contribution is -2.32. The van der Waals surface area contributed by atoms with Gasteiger partial charge in [-0.1, -0.05) is 31.2 Å². The van der Waals surface area contributed by atoms with Crippen molar-refractivity contribution in [3.05, 3.63) is 58.7 Å². The van der Waals surface area contributed by atoms with Gasteiger partial charge in [0.05, 0.1) is 6.54 Å². The maximum atomic E-state index is 12.0. The number of carbonyl (C=O) groups excluding carboxylic acids is 1. The molecule has 2 amide bonds. The highest BCUT2D eigenvalue weighted by molar-refractivity contribution is 5.90. The van der Waals surface area contributed by atoms with Crippen molar-refractivity contribution in [1.29, 1.82) is 0 Å². The molecule has 0 bridgehead atoms. The first-order chi connectivity index (χ1) is 11.5. The van der Waals surface area contributed by atoms with Crippen LogP contribution in [-0.4, -0.2) is 19.2 Å². The smallest absolute Gasteiger partial charge is 0.319 e. The molecular weight excluding hydrogens is 300 g/mol. The average Bonchev–Trinajstić information content (AvgIpc) is 2.56. The summed E-state index contributed by atoms with van der Waals surface area (Å²) in [5.74, 6) is 0.872. The number of anilines is 1. The third-order valence-corrected chi connectivity index (χ3v) is 4.08. The molecule has 0 aliphatic carbocycles. The molecule has 0 saturated carbocycles. The van der Waals surface area contributed by atoms with Gasteiger partial charge in [0, 0.05) is 5.69 Å². The van der Waals surface area contributed by atoms with Crippen LogP contribution in [0.15, 0.2) is 36.4 Å². The van der Waals surface area contributed by atoms with Gasteiger partial charge in [-0.2, -0.15) is 0 Å². The van der Waals surface area contributed by atoms with Crippen molar-refractivity contribution in [2.75, 3.05) is 18.5 Å². The normalized spacial score (nSPS) is 10.3. The van der Waals surface area contributed by atoms with E-state index in [1.165, 1.54) is 11.1 Å². The Morgan fingerprint density at radius 1 is 1.04 bits per heavy atom. The van der Waals surface area contributed by atoms with Gasteiger partial charge < -0.3 is 15.4 Å². The molecule has 0 spiro atoms. The van der Waals surface area contributed by atoms with Gasteiger partial charge in [-0.15, -0.1) is 0 Å². The van der Waals surface area contributed by atoms with Crippen molar-refractivity contribution in [2.45, 2.75) is 34.1 Å². The molecular formula is C20H26N2O2. The number of benzene rings is 2. The largest absolute Gasteiger partial charge is 0.491 e. The van der Waals surface area contributed by atoms with Crippen LogP contribution >= 0.6 is 0 Å². The van der Waals surface area contributed by atoms with E-state index in [9.17, 15) is 4.79 Å². The number of urea groups is 1. The summed E-state index contributed by atoms with van der Waals surface area (Å²) in [6, 6.07) is 11.8. The van der Waals surface area contributed by atoms with Crippen LogP contribution < -0.4 is 15.4 Å². The second kappa shape index (κ2) is 8.39.